The summed E-state index contributed by atoms with van der Waals surface area (Å²) >= 11 is 0. The van der Waals surface area contributed by atoms with Gasteiger partial charge in [0.05, 0.1) is 12.7 Å². The molecule has 3 rings (SSSR count). The first kappa shape index (κ1) is 14.9. The predicted molar refractivity (Wildman–Crippen MR) is 85.8 cm³/mol. The molecular weight excluding hydrogens is 278 g/mol. The fraction of sp³-hybridized carbons (Fsp3) is 0.333. The van der Waals surface area contributed by atoms with Crippen LogP contribution in [-0.2, 0) is 11.3 Å². The van der Waals surface area contributed by atoms with Gasteiger partial charge in [0.1, 0.15) is 5.75 Å². The number of anilines is 1. The molecule has 0 spiro atoms. The summed E-state index contributed by atoms with van der Waals surface area (Å²) in [4.78, 5) is 0. The Morgan fingerprint density at radius 1 is 1.18 bits per heavy atom. The molecule has 2 aromatic carbocycles. The summed E-state index contributed by atoms with van der Waals surface area (Å²) in [6.07, 6.45) is -0.583. The van der Waals surface area contributed by atoms with Crippen LogP contribution in [-0.4, -0.2) is 17.4 Å². The SMILES string of the molecule is CC1(C)OCc2cc([C@H](O)CNc3ccccc3)ccc2O1. The van der Waals surface area contributed by atoms with E-state index in [-0.39, 0.29) is 0 Å². The molecule has 0 unspecified atom stereocenters. The third-order valence-corrected chi connectivity index (χ3v) is 3.67. The smallest absolute Gasteiger partial charge is 0.205 e. The summed E-state index contributed by atoms with van der Waals surface area (Å²) in [5.41, 5.74) is 2.82. The van der Waals surface area contributed by atoms with Crippen LogP contribution in [0.15, 0.2) is 48.5 Å². The molecule has 116 valence electrons. The molecule has 0 fully saturated rings. The molecule has 2 N–H and O–H groups in total. The van der Waals surface area contributed by atoms with E-state index < -0.39 is 11.9 Å². The van der Waals surface area contributed by atoms with Crippen LogP contribution >= 0.6 is 0 Å². The van der Waals surface area contributed by atoms with Gasteiger partial charge in [-0.15, -0.1) is 0 Å². The number of aliphatic hydroxyl groups is 1. The minimum atomic E-state index is -0.595. The van der Waals surface area contributed by atoms with Crippen LogP contribution in [0.5, 0.6) is 5.75 Å². The summed E-state index contributed by atoms with van der Waals surface area (Å²) in [6, 6.07) is 15.6. The number of para-hydroxylation sites is 1. The Bertz CT molecular complexity index is 640. The Labute approximate surface area is 130 Å². The second-order valence-corrected chi connectivity index (χ2v) is 5.92. The quantitative estimate of drug-likeness (QED) is 0.907. The lowest BCUT2D eigenvalue weighted by atomic mass is 10.0. The van der Waals surface area contributed by atoms with Gasteiger partial charge < -0.3 is 19.9 Å². The van der Waals surface area contributed by atoms with Crippen LogP contribution in [0.3, 0.4) is 0 Å². The second-order valence-electron chi connectivity index (χ2n) is 5.92. The van der Waals surface area contributed by atoms with Crippen LogP contribution in [0.4, 0.5) is 5.69 Å². The van der Waals surface area contributed by atoms with Crippen LogP contribution in [0.1, 0.15) is 31.1 Å². The van der Waals surface area contributed by atoms with E-state index in [1.165, 1.54) is 0 Å². The Morgan fingerprint density at radius 2 is 1.95 bits per heavy atom. The monoisotopic (exact) mass is 299 g/mol. The topological polar surface area (TPSA) is 50.7 Å². The highest BCUT2D eigenvalue weighted by Gasteiger charge is 2.27. The van der Waals surface area contributed by atoms with Crippen molar-refractivity contribution in [2.45, 2.75) is 32.3 Å². The predicted octanol–water partition coefficient (Wildman–Crippen LogP) is 3.48. The van der Waals surface area contributed by atoms with Gasteiger partial charge in [0.2, 0.25) is 5.79 Å². The number of benzene rings is 2. The number of rotatable bonds is 4. The van der Waals surface area contributed by atoms with E-state index in [9.17, 15) is 5.11 Å². The fourth-order valence-electron chi connectivity index (χ4n) is 2.45. The zero-order valence-corrected chi connectivity index (χ0v) is 12.9. The lowest BCUT2D eigenvalue weighted by Crippen LogP contribution is -2.35. The van der Waals surface area contributed by atoms with Gasteiger partial charge in [-0.2, -0.15) is 0 Å². The molecule has 0 aromatic heterocycles. The first-order valence-corrected chi connectivity index (χ1v) is 7.46. The van der Waals surface area contributed by atoms with Gasteiger partial charge in [-0.3, -0.25) is 0 Å². The summed E-state index contributed by atoms with van der Waals surface area (Å²) in [7, 11) is 0. The second kappa shape index (κ2) is 5.99. The van der Waals surface area contributed by atoms with E-state index in [1.54, 1.807) is 0 Å². The van der Waals surface area contributed by atoms with Gasteiger partial charge in [-0.1, -0.05) is 24.3 Å². The molecule has 2 aromatic rings. The van der Waals surface area contributed by atoms with Gasteiger partial charge >= 0.3 is 0 Å². The third-order valence-electron chi connectivity index (χ3n) is 3.67. The summed E-state index contributed by atoms with van der Waals surface area (Å²) in [5, 5.41) is 13.6. The summed E-state index contributed by atoms with van der Waals surface area (Å²) in [5.74, 6) is 0.227. The zero-order chi connectivity index (χ0) is 15.6. The maximum atomic E-state index is 10.3. The van der Waals surface area contributed by atoms with Crippen molar-refractivity contribution in [3.05, 3.63) is 59.7 Å². The normalized spacial score (nSPS) is 17.2. The molecular formula is C18H21NO3. The first-order chi connectivity index (χ1) is 10.5. The van der Waals surface area contributed by atoms with Crippen molar-refractivity contribution in [2.24, 2.45) is 0 Å². The highest BCUT2D eigenvalue weighted by molar-refractivity contribution is 5.43. The van der Waals surface area contributed by atoms with Gasteiger partial charge in [0, 0.05) is 31.6 Å². The highest BCUT2D eigenvalue weighted by atomic mass is 16.7. The van der Waals surface area contributed by atoms with E-state index in [0.29, 0.717) is 13.2 Å². The fourth-order valence-corrected chi connectivity index (χ4v) is 2.45. The van der Waals surface area contributed by atoms with E-state index in [2.05, 4.69) is 5.32 Å². The molecule has 1 aliphatic heterocycles. The van der Waals surface area contributed by atoms with Gasteiger partial charge in [0.15, 0.2) is 0 Å². The molecule has 0 bridgehead atoms. The molecule has 0 saturated carbocycles. The Morgan fingerprint density at radius 3 is 2.73 bits per heavy atom. The molecule has 0 radical (unpaired) electrons. The van der Waals surface area contributed by atoms with Crippen molar-refractivity contribution in [1.82, 2.24) is 0 Å². The number of nitrogens with one attached hydrogen (secondary N) is 1. The minimum absolute atomic E-state index is 0.454. The first-order valence-electron chi connectivity index (χ1n) is 7.46. The molecule has 0 aliphatic carbocycles. The zero-order valence-electron chi connectivity index (χ0n) is 12.9. The van der Waals surface area contributed by atoms with Crippen LogP contribution in [0, 0.1) is 0 Å². The van der Waals surface area contributed by atoms with Gasteiger partial charge in [-0.25, -0.2) is 0 Å². The van der Waals surface area contributed by atoms with Crippen LogP contribution in [0.2, 0.25) is 0 Å². The van der Waals surface area contributed by atoms with Crippen molar-refractivity contribution in [2.75, 3.05) is 11.9 Å². The Balaban J connectivity index is 1.67. The molecule has 4 nitrogen and oxygen atoms in total. The molecule has 0 amide bonds. The van der Waals surface area contributed by atoms with Gasteiger partial charge in [0.25, 0.3) is 0 Å². The summed E-state index contributed by atoms with van der Waals surface area (Å²) < 4.78 is 11.4. The number of aliphatic hydroxyl groups excluding tert-OH is 1. The molecule has 4 heteroatoms. The Hall–Kier alpha value is -2.04. The van der Waals surface area contributed by atoms with Crippen molar-refractivity contribution in [1.29, 1.82) is 0 Å². The highest BCUT2D eigenvalue weighted by Crippen LogP contribution is 2.32. The van der Waals surface area contributed by atoms with Gasteiger partial charge in [-0.05, 0) is 29.8 Å². The molecule has 1 aliphatic rings. The Kier molecular flexibility index (Phi) is 4.05. The average Bonchev–Trinajstić information content (AvgIpc) is 2.52. The molecule has 22 heavy (non-hydrogen) atoms. The van der Waals surface area contributed by atoms with Crippen LogP contribution < -0.4 is 10.1 Å². The molecule has 1 atom stereocenters. The number of ether oxygens (including phenoxy) is 2. The molecule has 1 heterocycles. The van der Waals surface area contributed by atoms with E-state index in [4.69, 9.17) is 9.47 Å². The average molecular weight is 299 g/mol. The van der Waals surface area contributed by atoms with E-state index in [0.717, 1.165) is 22.6 Å². The molecule has 0 saturated heterocycles. The van der Waals surface area contributed by atoms with Crippen LogP contribution in [0.25, 0.3) is 0 Å². The minimum Gasteiger partial charge on any atom is -0.463 e. The number of fused-ring (bicyclic) bond motifs is 1. The van der Waals surface area contributed by atoms with Crippen molar-refractivity contribution < 1.29 is 14.6 Å². The van der Waals surface area contributed by atoms with Crippen molar-refractivity contribution in [3.8, 4) is 5.75 Å². The van der Waals surface area contributed by atoms with E-state index >= 15 is 0 Å². The summed E-state index contributed by atoms with van der Waals surface area (Å²) in [6.45, 7) is 4.73. The lowest BCUT2D eigenvalue weighted by Gasteiger charge is -2.33. The third kappa shape index (κ3) is 3.40. The maximum Gasteiger partial charge on any atom is 0.205 e. The lowest BCUT2D eigenvalue weighted by molar-refractivity contribution is -0.180. The maximum absolute atomic E-state index is 10.3. The van der Waals surface area contributed by atoms with E-state index in [1.807, 2.05) is 62.4 Å². The number of hydrogen-bond acceptors (Lipinski definition) is 4. The number of hydrogen-bond donors (Lipinski definition) is 2. The standard InChI is InChI=1S/C18H21NO3/c1-18(2)21-12-14-10-13(8-9-17(14)22-18)16(20)11-19-15-6-4-3-5-7-15/h3-10,16,19-20H,11-12H2,1-2H3/t16-/m1/s1. The largest absolute Gasteiger partial charge is 0.463 e. The van der Waals surface area contributed by atoms with Crippen molar-refractivity contribution >= 4 is 5.69 Å². The van der Waals surface area contributed by atoms with Crippen molar-refractivity contribution in [3.63, 3.8) is 0 Å².